The number of carbonyl (C=O) groups excluding carboxylic acids is 3. The number of carbonyl (C=O) groups is 3. The van der Waals surface area contributed by atoms with Crippen molar-refractivity contribution in [2.24, 2.45) is 0 Å². The number of nitrogen functional groups attached to an aromatic ring is 1. The minimum absolute atomic E-state index is 0.217. The maximum atomic E-state index is 12.0. The van der Waals surface area contributed by atoms with Crippen LogP contribution in [0.15, 0.2) is 42.5 Å². The highest BCUT2D eigenvalue weighted by molar-refractivity contribution is 5.99. The Hall–Kier alpha value is -3.35. The van der Waals surface area contributed by atoms with Gasteiger partial charge in [0.25, 0.3) is 11.8 Å². The van der Waals surface area contributed by atoms with E-state index in [1.54, 1.807) is 37.3 Å². The van der Waals surface area contributed by atoms with Gasteiger partial charge in [0.1, 0.15) is 0 Å². The van der Waals surface area contributed by atoms with Crippen molar-refractivity contribution in [3.8, 4) is 0 Å². The molecule has 0 heterocycles. The molecule has 0 atom stereocenters. The van der Waals surface area contributed by atoms with Crippen molar-refractivity contribution in [2.45, 2.75) is 6.92 Å². The van der Waals surface area contributed by atoms with Gasteiger partial charge in [0.15, 0.2) is 6.61 Å². The molecule has 4 N–H and O–H groups in total. The summed E-state index contributed by atoms with van der Waals surface area (Å²) in [5.41, 5.74) is 7.96. The molecule has 0 aliphatic rings. The van der Waals surface area contributed by atoms with Crippen LogP contribution >= 0.6 is 0 Å². The van der Waals surface area contributed by atoms with Gasteiger partial charge in [-0.25, -0.2) is 4.79 Å². The van der Waals surface area contributed by atoms with Gasteiger partial charge in [0.05, 0.1) is 5.56 Å². The second-order valence-electron chi connectivity index (χ2n) is 5.32. The second kappa shape index (κ2) is 7.96. The highest BCUT2D eigenvalue weighted by Gasteiger charge is 2.14. The van der Waals surface area contributed by atoms with E-state index in [-0.39, 0.29) is 11.5 Å². The van der Waals surface area contributed by atoms with Gasteiger partial charge in [-0.2, -0.15) is 0 Å². The Kier molecular flexibility index (Phi) is 5.73. The lowest BCUT2D eigenvalue weighted by Crippen LogP contribution is -2.22. The molecule has 0 saturated carbocycles. The molecule has 2 aromatic rings. The van der Waals surface area contributed by atoms with Crippen molar-refractivity contribution in [2.75, 3.05) is 24.7 Å². The number of anilines is 2. The van der Waals surface area contributed by atoms with Gasteiger partial charge in [-0.1, -0.05) is 18.2 Å². The molecule has 0 aliphatic heterocycles. The van der Waals surface area contributed by atoms with Crippen molar-refractivity contribution < 1.29 is 19.1 Å². The Morgan fingerprint density at radius 1 is 1.12 bits per heavy atom. The van der Waals surface area contributed by atoms with Gasteiger partial charge in [0.2, 0.25) is 0 Å². The van der Waals surface area contributed by atoms with Gasteiger partial charge in [-0.3, -0.25) is 9.59 Å². The number of para-hydroxylation sites is 1. The van der Waals surface area contributed by atoms with Crippen LogP contribution in [0.4, 0.5) is 11.4 Å². The van der Waals surface area contributed by atoms with Crippen LogP contribution in [-0.4, -0.2) is 31.4 Å². The summed E-state index contributed by atoms with van der Waals surface area (Å²) in [6, 6.07) is 11.4. The maximum Gasteiger partial charge on any atom is 0.340 e. The van der Waals surface area contributed by atoms with Crippen LogP contribution in [0.1, 0.15) is 26.3 Å². The van der Waals surface area contributed by atoms with Crippen LogP contribution in [0.25, 0.3) is 0 Å². The number of hydrogen-bond acceptors (Lipinski definition) is 5. The molecule has 2 aromatic carbocycles. The van der Waals surface area contributed by atoms with Crippen LogP contribution in [0.2, 0.25) is 0 Å². The fraction of sp³-hybridized carbons (Fsp3) is 0.167. The van der Waals surface area contributed by atoms with Gasteiger partial charge >= 0.3 is 5.97 Å². The van der Waals surface area contributed by atoms with Gasteiger partial charge in [-0.15, -0.1) is 0 Å². The maximum absolute atomic E-state index is 12.0. The molecule has 0 fully saturated rings. The molecular weight excluding hydrogens is 322 g/mol. The summed E-state index contributed by atoms with van der Waals surface area (Å²) in [7, 11) is 1.52. The number of rotatable bonds is 5. The monoisotopic (exact) mass is 341 g/mol. The minimum atomic E-state index is -0.671. The van der Waals surface area contributed by atoms with E-state index >= 15 is 0 Å². The molecule has 0 unspecified atom stereocenters. The fourth-order valence-electron chi connectivity index (χ4n) is 2.15. The van der Waals surface area contributed by atoms with Crippen molar-refractivity contribution in [3.05, 3.63) is 59.2 Å². The zero-order valence-corrected chi connectivity index (χ0v) is 14.0. The van der Waals surface area contributed by atoms with Crippen LogP contribution in [0, 0.1) is 6.92 Å². The topological polar surface area (TPSA) is 111 Å². The molecule has 0 aliphatic carbocycles. The zero-order valence-electron chi connectivity index (χ0n) is 14.0. The summed E-state index contributed by atoms with van der Waals surface area (Å²) < 4.78 is 4.99. The quantitative estimate of drug-likeness (QED) is 0.567. The number of hydrogen-bond donors (Lipinski definition) is 3. The standard InChI is InChI=1S/C18H19N3O4/c1-11-5-3-8-14(16(11)19)18(24)25-10-15(22)21-13-7-4-6-12(9-13)17(23)20-2/h3-9H,10,19H2,1-2H3,(H,20,23)(H,21,22). The van der Waals surface area contributed by atoms with E-state index in [9.17, 15) is 14.4 Å². The van der Waals surface area contributed by atoms with Gasteiger partial charge in [0, 0.05) is 24.0 Å². The molecule has 0 saturated heterocycles. The first-order chi connectivity index (χ1) is 11.9. The molecule has 2 amide bonds. The first kappa shape index (κ1) is 18.0. The number of nitrogens with two attached hydrogens (primary N) is 1. The average molecular weight is 341 g/mol. The normalized spacial score (nSPS) is 10.0. The summed E-state index contributed by atoms with van der Waals surface area (Å²) in [4.78, 5) is 35.5. The first-order valence-electron chi connectivity index (χ1n) is 7.56. The second-order valence-corrected chi connectivity index (χ2v) is 5.32. The van der Waals surface area contributed by atoms with Gasteiger partial charge in [-0.05, 0) is 36.8 Å². The van der Waals surface area contributed by atoms with Crippen LogP contribution in [-0.2, 0) is 9.53 Å². The molecule has 0 bridgehead atoms. The third-order valence-electron chi connectivity index (χ3n) is 3.51. The molecule has 7 nitrogen and oxygen atoms in total. The molecule has 130 valence electrons. The van der Waals surface area contributed by atoms with Crippen LogP contribution in [0.3, 0.4) is 0 Å². The fourth-order valence-corrected chi connectivity index (χ4v) is 2.15. The van der Waals surface area contributed by atoms with E-state index in [2.05, 4.69) is 10.6 Å². The van der Waals surface area contributed by atoms with E-state index < -0.39 is 18.5 Å². The van der Waals surface area contributed by atoms with Gasteiger partial charge < -0.3 is 21.1 Å². The summed E-state index contributed by atoms with van der Waals surface area (Å²) in [6.07, 6.45) is 0. The number of esters is 1. The summed E-state index contributed by atoms with van der Waals surface area (Å²) in [6.45, 7) is 1.31. The van der Waals surface area contributed by atoms with Crippen molar-refractivity contribution in [1.82, 2.24) is 5.32 Å². The summed E-state index contributed by atoms with van der Waals surface area (Å²) in [5, 5.41) is 5.06. The largest absolute Gasteiger partial charge is 0.452 e. The number of amides is 2. The SMILES string of the molecule is CNC(=O)c1cccc(NC(=O)COC(=O)c2cccc(C)c2N)c1. The highest BCUT2D eigenvalue weighted by Crippen LogP contribution is 2.17. The van der Waals surface area contributed by atoms with E-state index in [0.717, 1.165) is 5.56 Å². The van der Waals surface area contributed by atoms with E-state index in [4.69, 9.17) is 10.5 Å². The molecule has 25 heavy (non-hydrogen) atoms. The van der Waals surface area contributed by atoms with E-state index in [1.165, 1.54) is 19.2 Å². The lowest BCUT2D eigenvalue weighted by molar-refractivity contribution is -0.119. The van der Waals surface area contributed by atoms with Crippen LogP contribution in [0.5, 0.6) is 0 Å². The lowest BCUT2D eigenvalue weighted by Gasteiger charge is -2.10. The Morgan fingerprint density at radius 2 is 1.84 bits per heavy atom. The number of aryl methyl sites for hydroxylation is 1. The molecule has 0 radical (unpaired) electrons. The summed E-state index contributed by atoms with van der Waals surface area (Å²) in [5.74, 6) is -1.46. The molecule has 2 rings (SSSR count). The van der Waals surface area contributed by atoms with E-state index in [1.807, 2.05) is 0 Å². The van der Waals surface area contributed by atoms with Crippen molar-refractivity contribution >= 4 is 29.2 Å². The number of ether oxygens (including phenoxy) is 1. The van der Waals surface area contributed by atoms with Crippen LogP contribution < -0.4 is 16.4 Å². The van der Waals surface area contributed by atoms with Crippen molar-refractivity contribution in [1.29, 1.82) is 0 Å². The molecular formula is C18H19N3O4. The third-order valence-corrected chi connectivity index (χ3v) is 3.51. The predicted octanol–water partition coefficient (Wildman–Crippen LogP) is 1.73. The number of nitrogens with one attached hydrogen (secondary N) is 2. The minimum Gasteiger partial charge on any atom is -0.452 e. The number of benzene rings is 2. The first-order valence-corrected chi connectivity index (χ1v) is 7.56. The average Bonchev–Trinajstić information content (AvgIpc) is 2.61. The third kappa shape index (κ3) is 4.57. The van der Waals surface area contributed by atoms with Crippen molar-refractivity contribution in [3.63, 3.8) is 0 Å². The molecule has 0 spiro atoms. The predicted molar refractivity (Wildman–Crippen MR) is 94.3 cm³/mol. The Labute approximate surface area is 145 Å². The highest BCUT2D eigenvalue weighted by atomic mass is 16.5. The van der Waals surface area contributed by atoms with E-state index in [0.29, 0.717) is 16.9 Å². The smallest absolute Gasteiger partial charge is 0.340 e. The Balaban J connectivity index is 1.96. The summed E-state index contributed by atoms with van der Waals surface area (Å²) >= 11 is 0. The Morgan fingerprint density at radius 3 is 2.56 bits per heavy atom. The zero-order chi connectivity index (χ0) is 18.4. The molecule has 0 aromatic heterocycles. The lowest BCUT2D eigenvalue weighted by atomic mass is 10.1. The Bertz CT molecular complexity index is 818. The molecule has 7 heteroatoms.